The zero-order valence-electron chi connectivity index (χ0n) is 13.4. The largest absolute Gasteiger partial charge is 0.373 e. The third-order valence-corrected chi connectivity index (χ3v) is 4.70. The lowest BCUT2D eigenvalue weighted by atomic mass is 9.98. The van der Waals surface area contributed by atoms with Gasteiger partial charge in [0.1, 0.15) is 0 Å². The van der Waals surface area contributed by atoms with Crippen LogP contribution in [0.2, 0.25) is 5.02 Å². The van der Waals surface area contributed by atoms with Crippen molar-refractivity contribution in [3.8, 4) is 0 Å². The predicted octanol–water partition coefficient (Wildman–Crippen LogP) is 5.00. The van der Waals surface area contributed by atoms with Gasteiger partial charge in [-0.05, 0) is 43.0 Å². The maximum absolute atomic E-state index is 6.18. The van der Waals surface area contributed by atoms with Gasteiger partial charge in [0.2, 0.25) is 0 Å². The summed E-state index contributed by atoms with van der Waals surface area (Å²) in [5.74, 6) is 0.360. The van der Waals surface area contributed by atoms with Crippen LogP contribution in [0.5, 0.6) is 0 Å². The predicted molar refractivity (Wildman–Crippen MR) is 94.7 cm³/mol. The number of benzene rings is 1. The lowest BCUT2D eigenvalue weighted by Crippen LogP contribution is -2.20. The van der Waals surface area contributed by atoms with Crippen LogP contribution in [0.1, 0.15) is 25.1 Å². The Morgan fingerprint density at radius 1 is 1.17 bits per heavy atom. The second kappa shape index (κ2) is 7.16. The summed E-state index contributed by atoms with van der Waals surface area (Å²) in [6.07, 6.45) is 4.82. The molecule has 23 heavy (non-hydrogen) atoms. The molecule has 4 heteroatoms. The summed E-state index contributed by atoms with van der Waals surface area (Å²) in [5.41, 5.74) is 3.24. The highest BCUT2D eigenvalue weighted by Gasteiger charge is 2.16. The van der Waals surface area contributed by atoms with Crippen LogP contribution in [0.15, 0.2) is 48.8 Å². The number of halogens is 1. The number of aromatic nitrogens is 2. The SMILES string of the molecule is CC(Cc1nccc2cc[nH]c12)C(C)OCc1ccccc1Cl. The Hall–Kier alpha value is -1.84. The van der Waals surface area contributed by atoms with Crippen LogP contribution in [0, 0.1) is 5.92 Å². The van der Waals surface area contributed by atoms with E-state index in [1.807, 2.05) is 42.7 Å². The van der Waals surface area contributed by atoms with Crippen molar-refractivity contribution in [1.82, 2.24) is 9.97 Å². The second-order valence-corrected chi connectivity index (χ2v) is 6.40. The molecule has 0 amide bonds. The Labute approximate surface area is 141 Å². The fourth-order valence-electron chi connectivity index (χ4n) is 2.67. The Balaban J connectivity index is 1.62. The van der Waals surface area contributed by atoms with Gasteiger partial charge in [0.25, 0.3) is 0 Å². The molecular weight excluding hydrogens is 308 g/mol. The van der Waals surface area contributed by atoms with E-state index >= 15 is 0 Å². The lowest BCUT2D eigenvalue weighted by molar-refractivity contribution is 0.0184. The average Bonchev–Trinajstić information content (AvgIpc) is 3.03. The molecule has 0 spiro atoms. The molecule has 0 saturated carbocycles. The molecule has 120 valence electrons. The average molecular weight is 329 g/mol. The number of nitrogens with one attached hydrogen (secondary N) is 1. The van der Waals surface area contributed by atoms with E-state index in [9.17, 15) is 0 Å². The van der Waals surface area contributed by atoms with Crippen LogP contribution in [0.3, 0.4) is 0 Å². The summed E-state index contributed by atoms with van der Waals surface area (Å²) >= 11 is 6.18. The van der Waals surface area contributed by atoms with Crippen molar-refractivity contribution in [3.63, 3.8) is 0 Å². The van der Waals surface area contributed by atoms with Gasteiger partial charge in [0, 0.05) is 22.8 Å². The number of ether oxygens (including phenoxy) is 1. The first-order valence-corrected chi connectivity index (χ1v) is 8.29. The molecule has 2 unspecified atom stereocenters. The minimum atomic E-state index is 0.123. The van der Waals surface area contributed by atoms with Gasteiger partial charge in [0.05, 0.1) is 23.9 Å². The van der Waals surface area contributed by atoms with E-state index < -0.39 is 0 Å². The van der Waals surface area contributed by atoms with Crippen molar-refractivity contribution < 1.29 is 4.74 Å². The molecule has 2 heterocycles. The van der Waals surface area contributed by atoms with Gasteiger partial charge in [-0.3, -0.25) is 4.98 Å². The molecule has 1 aromatic carbocycles. The van der Waals surface area contributed by atoms with Gasteiger partial charge < -0.3 is 9.72 Å². The number of fused-ring (bicyclic) bond motifs is 1. The molecular formula is C19H21ClN2O. The van der Waals surface area contributed by atoms with Gasteiger partial charge in [-0.1, -0.05) is 36.7 Å². The van der Waals surface area contributed by atoms with Gasteiger partial charge in [0.15, 0.2) is 0 Å². The fourth-order valence-corrected chi connectivity index (χ4v) is 2.86. The molecule has 0 radical (unpaired) electrons. The highest BCUT2D eigenvalue weighted by molar-refractivity contribution is 6.31. The van der Waals surface area contributed by atoms with Gasteiger partial charge >= 0.3 is 0 Å². The van der Waals surface area contributed by atoms with Crippen molar-refractivity contribution >= 4 is 22.5 Å². The van der Waals surface area contributed by atoms with Crippen molar-refractivity contribution in [2.24, 2.45) is 5.92 Å². The monoisotopic (exact) mass is 328 g/mol. The normalized spacial score (nSPS) is 14.0. The molecule has 0 bridgehead atoms. The molecule has 0 aliphatic carbocycles. The zero-order chi connectivity index (χ0) is 16.2. The highest BCUT2D eigenvalue weighted by Crippen LogP contribution is 2.22. The van der Waals surface area contributed by atoms with E-state index in [2.05, 4.69) is 29.9 Å². The van der Waals surface area contributed by atoms with E-state index in [0.717, 1.165) is 28.2 Å². The van der Waals surface area contributed by atoms with Crippen LogP contribution >= 0.6 is 11.6 Å². The molecule has 2 atom stereocenters. The summed E-state index contributed by atoms with van der Waals surface area (Å²) in [6, 6.07) is 11.9. The lowest BCUT2D eigenvalue weighted by Gasteiger charge is -2.21. The second-order valence-electron chi connectivity index (χ2n) is 5.99. The van der Waals surface area contributed by atoms with Crippen molar-refractivity contribution in [2.45, 2.75) is 33.0 Å². The van der Waals surface area contributed by atoms with Gasteiger partial charge in [-0.15, -0.1) is 0 Å². The van der Waals surface area contributed by atoms with Gasteiger partial charge in [-0.25, -0.2) is 0 Å². The van der Waals surface area contributed by atoms with Crippen molar-refractivity contribution in [3.05, 3.63) is 65.1 Å². The number of hydrogen-bond acceptors (Lipinski definition) is 2. The summed E-state index contributed by atoms with van der Waals surface area (Å²) in [7, 11) is 0. The topological polar surface area (TPSA) is 37.9 Å². The maximum atomic E-state index is 6.18. The quantitative estimate of drug-likeness (QED) is 0.691. The first-order valence-electron chi connectivity index (χ1n) is 7.91. The summed E-state index contributed by atoms with van der Waals surface area (Å²) < 4.78 is 6.01. The molecule has 2 aromatic heterocycles. The van der Waals surface area contributed by atoms with Crippen LogP contribution in [0.4, 0.5) is 0 Å². The van der Waals surface area contributed by atoms with Crippen LogP contribution in [-0.4, -0.2) is 16.1 Å². The standard InChI is InChI=1S/C19H21ClN2O/c1-13(11-18-19-15(7-9-21-18)8-10-22-19)14(2)23-12-16-5-3-4-6-17(16)20/h3-10,13-14,22H,11-12H2,1-2H3. The molecule has 3 aromatic rings. The minimum absolute atomic E-state index is 0.123. The zero-order valence-corrected chi connectivity index (χ0v) is 14.2. The molecule has 3 rings (SSSR count). The molecule has 1 N–H and O–H groups in total. The van der Waals surface area contributed by atoms with Crippen LogP contribution in [0.25, 0.3) is 10.9 Å². The van der Waals surface area contributed by atoms with E-state index in [0.29, 0.717) is 12.5 Å². The third kappa shape index (κ3) is 3.74. The number of rotatable bonds is 6. The fraction of sp³-hybridized carbons (Fsp3) is 0.316. The number of pyridine rings is 1. The molecule has 0 aliphatic rings. The Kier molecular flexibility index (Phi) is 4.99. The number of nitrogens with zero attached hydrogens (tertiary/aromatic N) is 1. The number of aromatic amines is 1. The molecule has 0 aliphatic heterocycles. The Morgan fingerprint density at radius 3 is 2.83 bits per heavy atom. The maximum Gasteiger partial charge on any atom is 0.0735 e. The van der Waals surface area contributed by atoms with Crippen molar-refractivity contribution in [2.75, 3.05) is 0 Å². The summed E-state index contributed by atoms with van der Waals surface area (Å²) in [6.45, 7) is 4.84. The minimum Gasteiger partial charge on any atom is -0.373 e. The van der Waals surface area contributed by atoms with Crippen molar-refractivity contribution in [1.29, 1.82) is 0 Å². The first kappa shape index (κ1) is 16.0. The van der Waals surface area contributed by atoms with Crippen LogP contribution in [-0.2, 0) is 17.8 Å². The first-order chi connectivity index (χ1) is 11.1. The summed E-state index contributed by atoms with van der Waals surface area (Å²) in [5, 5.41) is 1.96. The third-order valence-electron chi connectivity index (χ3n) is 4.33. The van der Waals surface area contributed by atoms with Gasteiger partial charge in [-0.2, -0.15) is 0 Å². The van der Waals surface area contributed by atoms with E-state index in [1.165, 1.54) is 5.39 Å². The van der Waals surface area contributed by atoms with E-state index in [4.69, 9.17) is 16.3 Å². The molecule has 0 saturated heterocycles. The smallest absolute Gasteiger partial charge is 0.0735 e. The summed E-state index contributed by atoms with van der Waals surface area (Å²) in [4.78, 5) is 7.80. The van der Waals surface area contributed by atoms with E-state index in [1.54, 1.807) is 0 Å². The number of hydrogen-bond donors (Lipinski definition) is 1. The Bertz CT molecular complexity index is 784. The molecule has 3 nitrogen and oxygen atoms in total. The Morgan fingerprint density at radius 2 is 2.00 bits per heavy atom. The highest BCUT2D eigenvalue weighted by atomic mass is 35.5. The van der Waals surface area contributed by atoms with Crippen LogP contribution < -0.4 is 0 Å². The van der Waals surface area contributed by atoms with E-state index in [-0.39, 0.29) is 6.10 Å². The molecule has 0 fully saturated rings. The number of H-pyrrole nitrogens is 1.